The standard InChI is InChI=1S/C15H18N2O3S/c1-11-9-14(17-20-11)16-15(19)7-8-21-10-13(18)12-5-3-2-4-6-12/h2-6,9,13,18H,7-8,10H2,1H3,(H,16,17,19). The van der Waals surface area contributed by atoms with E-state index in [-0.39, 0.29) is 5.91 Å². The van der Waals surface area contributed by atoms with E-state index in [0.717, 1.165) is 5.56 Å². The second-order valence-corrected chi connectivity index (χ2v) is 5.77. The number of hydrogen-bond acceptors (Lipinski definition) is 5. The van der Waals surface area contributed by atoms with Crippen molar-refractivity contribution in [2.75, 3.05) is 16.8 Å². The average molecular weight is 306 g/mol. The van der Waals surface area contributed by atoms with Crippen molar-refractivity contribution in [1.82, 2.24) is 5.16 Å². The number of anilines is 1. The minimum absolute atomic E-state index is 0.106. The summed E-state index contributed by atoms with van der Waals surface area (Å²) in [5, 5.41) is 16.3. The second-order valence-electron chi connectivity index (χ2n) is 4.62. The molecule has 1 aromatic carbocycles. The first-order valence-corrected chi connectivity index (χ1v) is 7.84. The highest BCUT2D eigenvalue weighted by atomic mass is 32.2. The largest absolute Gasteiger partial charge is 0.388 e. The van der Waals surface area contributed by atoms with Crippen molar-refractivity contribution in [3.05, 3.63) is 47.7 Å². The number of thioether (sulfide) groups is 1. The lowest BCUT2D eigenvalue weighted by molar-refractivity contribution is -0.115. The van der Waals surface area contributed by atoms with Crippen molar-refractivity contribution in [3.63, 3.8) is 0 Å². The van der Waals surface area contributed by atoms with Gasteiger partial charge in [-0.15, -0.1) is 0 Å². The van der Waals surface area contributed by atoms with E-state index in [1.165, 1.54) is 0 Å². The molecule has 0 saturated heterocycles. The van der Waals surface area contributed by atoms with Gasteiger partial charge in [0.25, 0.3) is 0 Å². The molecule has 6 heteroatoms. The maximum absolute atomic E-state index is 11.7. The predicted octanol–water partition coefficient (Wildman–Crippen LogP) is 2.78. The number of nitrogens with zero attached hydrogens (tertiary/aromatic N) is 1. The highest BCUT2D eigenvalue weighted by Crippen LogP contribution is 2.18. The van der Waals surface area contributed by atoms with Gasteiger partial charge in [-0.25, -0.2) is 0 Å². The first-order chi connectivity index (χ1) is 10.1. The molecule has 0 spiro atoms. The molecule has 2 N–H and O–H groups in total. The Morgan fingerprint density at radius 3 is 2.86 bits per heavy atom. The molecule has 2 rings (SSSR count). The fourth-order valence-electron chi connectivity index (χ4n) is 1.76. The van der Waals surface area contributed by atoms with Crippen LogP contribution >= 0.6 is 11.8 Å². The van der Waals surface area contributed by atoms with Gasteiger partial charge in [0.15, 0.2) is 5.82 Å². The Balaban J connectivity index is 1.64. The molecule has 2 aromatic rings. The maximum atomic E-state index is 11.7. The first-order valence-electron chi connectivity index (χ1n) is 6.69. The van der Waals surface area contributed by atoms with Crippen LogP contribution in [0, 0.1) is 6.92 Å². The van der Waals surface area contributed by atoms with E-state index in [2.05, 4.69) is 10.5 Å². The molecule has 1 aromatic heterocycles. The zero-order chi connectivity index (χ0) is 15.1. The fraction of sp³-hybridized carbons (Fsp3) is 0.333. The molecule has 5 nitrogen and oxygen atoms in total. The SMILES string of the molecule is Cc1cc(NC(=O)CCSCC(O)c2ccccc2)no1. The molecule has 1 amide bonds. The van der Waals surface area contributed by atoms with Crippen LogP contribution in [0.5, 0.6) is 0 Å². The summed E-state index contributed by atoms with van der Waals surface area (Å²) >= 11 is 1.55. The van der Waals surface area contributed by atoms with E-state index in [9.17, 15) is 9.90 Å². The number of aliphatic hydroxyl groups excluding tert-OH is 1. The van der Waals surface area contributed by atoms with Gasteiger partial charge in [-0.1, -0.05) is 35.5 Å². The number of nitrogens with one attached hydrogen (secondary N) is 1. The quantitative estimate of drug-likeness (QED) is 0.769. The number of benzene rings is 1. The highest BCUT2D eigenvalue weighted by Gasteiger charge is 2.09. The Morgan fingerprint density at radius 2 is 2.19 bits per heavy atom. The van der Waals surface area contributed by atoms with Crippen molar-refractivity contribution in [2.45, 2.75) is 19.4 Å². The van der Waals surface area contributed by atoms with Gasteiger partial charge >= 0.3 is 0 Å². The number of carbonyl (C=O) groups is 1. The lowest BCUT2D eigenvalue weighted by atomic mass is 10.1. The van der Waals surface area contributed by atoms with E-state index < -0.39 is 6.10 Å². The number of rotatable bonds is 7. The Morgan fingerprint density at radius 1 is 1.43 bits per heavy atom. The minimum Gasteiger partial charge on any atom is -0.388 e. The lowest BCUT2D eigenvalue weighted by Gasteiger charge is -2.10. The summed E-state index contributed by atoms with van der Waals surface area (Å²) in [4.78, 5) is 11.7. The highest BCUT2D eigenvalue weighted by molar-refractivity contribution is 7.99. The number of carbonyl (C=O) groups excluding carboxylic acids is 1. The number of aryl methyl sites for hydroxylation is 1. The molecule has 0 aliphatic heterocycles. The van der Waals surface area contributed by atoms with Crippen molar-refractivity contribution < 1.29 is 14.4 Å². The zero-order valence-electron chi connectivity index (χ0n) is 11.8. The molecule has 1 atom stereocenters. The third-order valence-electron chi connectivity index (χ3n) is 2.83. The van der Waals surface area contributed by atoms with Crippen molar-refractivity contribution >= 4 is 23.5 Å². The molecule has 1 heterocycles. The van der Waals surface area contributed by atoms with E-state index in [4.69, 9.17) is 4.52 Å². The molecule has 21 heavy (non-hydrogen) atoms. The molecule has 0 aliphatic carbocycles. The van der Waals surface area contributed by atoms with Gasteiger partial charge in [-0.2, -0.15) is 11.8 Å². The summed E-state index contributed by atoms with van der Waals surface area (Å²) in [6.45, 7) is 1.77. The van der Waals surface area contributed by atoms with E-state index in [1.807, 2.05) is 30.3 Å². The Kier molecular flexibility index (Phi) is 5.83. The van der Waals surface area contributed by atoms with Crippen LogP contribution in [0.15, 0.2) is 40.9 Å². The summed E-state index contributed by atoms with van der Waals surface area (Å²) in [6.07, 6.45) is -0.129. The fourth-order valence-corrected chi connectivity index (χ4v) is 2.67. The number of hydrogen-bond donors (Lipinski definition) is 2. The van der Waals surface area contributed by atoms with Crippen LogP contribution in [0.25, 0.3) is 0 Å². The van der Waals surface area contributed by atoms with Crippen LogP contribution in [0.1, 0.15) is 23.8 Å². The maximum Gasteiger partial charge on any atom is 0.226 e. The van der Waals surface area contributed by atoms with Crippen LogP contribution < -0.4 is 5.32 Å². The third-order valence-corrected chi connectivity index (χ3v) is 3.87. The van der Waals surface area contributed by atoms with Crippen LogP contribution in [0.4, 0.5) is 5.82 Å². The summed E-state index contributed by atoms with van der Waals surface area (Å²) in [5.74, 6) is 2.20. The Bertz CT molecular complexity index is 571. The minimum atomic E-state index is -0.502. The van der Waals surface area contributed by atoms with Crippen molar-refractivity contribution in [2.24, 2.45) is 0 Å². The molecule has 0 saturated carbocycles. The smallest absolute Gasteiger partial charge is 0.226 e. The van der Waals surface area contributed by atoms with Crippen molar-refractivity contribution in [3.8, 4) is 0 Å². The van der Waals surface area contributed by atoms with Gasteiger partial charge in [-0.3, -0.25) is 4.79 Å². The van der Waals surface area contributed by atoms with Crippen LogP contribution in [-0.2, 0) is 4.79 Å². The molecule has 0 radical (unpaired) electrons. The molecule has 112 valence electrons. The Labute approximate surface area is 127 Å². The normalized spacial score (nSPS) is 12.1. The lowest BCUT2D eigenvalue weighted by Crippen LogP contribution is -2.12. The molecule has 0 aliphatic rings. The molecule has 1 unspecified atom stereocenters. The number of aliphatic hydroxyl groups is 1. The van der Waals surface area contributed by atoms with Gasteiger partial charge < -0.3 is 14.9 Å². The van der Waals surface area contributed by atoms with Gasteiger partial charge in [-0.05, 0) is 12.5 Å². The van der Waals surface area contributed by atoms with Gasteiger partial charge in [0.2, 0.25) is 5.91 Å². The number of amides is 1. The Hall–Kier alpha value is -1.79. The molecular formula is C15H18N2O3S. The number of aromatic nitrogens is 1. The first kappa shape index (κ1) is 15.6. The second kappa shape index (κ2) is 7.85. The van der Waals surface area contributed by atoms with Crippen LogP contribution in [0.3, 0.4) is 0 Å². The van der Waals surface area contributed by atoms with Gasteiger partial charge in [0.05, 0.1) is 6.10 Å². The summed E-state index contributed by atoms with van der Waals surface area (Å²) in [5.41, 5.74) is 0.896. The van der Waals surface area contributed by atoms with E-state index in [1.54, 1.807) is 24.8 Å². The topological polar surface area (TPSA) is 75.4 Å². The summed E-state index contributed by atoms with van der Waals surface area (Å²) in [6, 6.07) is 11.2. The predicted molar refractivity (Wildman–Crippen MR) is 83.2 cm³/mol. The third kappa shape index (κ3) is 5.24. The van der Waals surface area contributed by atoms with Crippen LogP contribution in [0.2, 0.25) is 0 Å². The monoisotopic (exact) mass is 306 g/mol. The molecular weight excluding hydrogens is 288 g/mol. The van der Waals surface area contributed by atoms with E-state index in [0.29, 0.717) is 29.5 Å². The average Bonchev–Trinajstić information content (AvgIpc) is 2.89. The molecule has 0 bridgehead atoms. The van der Waals surface area contributed by atoms with Gasteiger partial charge in [0.1, 0.15) is 5.76 Å². The van der Waals surface area contributed by atoms with Crippen molar-refractivity contribution in [1.29, 1.82) is 0 Å². The van der Waals surface area contributed by atoms with Gasteiger partial charge in [0, 0.05) is 24.0 Å². The van der Waals surface area contributed by atoms with Crippen LogP contribution in [-0.4, -0.2) is 27.7 Å². The van der Waals surface area contributed by atoms with E-state index >= 15 is 0 Å². The zero-order valence-corrected chi connectivity index (χ0v) is 12.6. The summed E-state index contributed by atoms with van der Waals surface area (Å²) < 4.78 is 4.87. The molecule has 0 fully saturated rings. The summed E-state index contributed by atoms with van der Waals surface area (Å²) in [7, 11) is 0.